The van der Waals surface area contributed by atoms with Crippen LogP contribution in [0.25, 0.3) is 0 Å². The van der Waals surface area contributed by atoms with Gasteiger partial charge in [0.2, 0.25) is 0 Å². The number of nitriles is 1. The van der Waals surface area contributed by atoms with Crippen LogP contribution in [-0.4, -0.2) is 23.2 Å². The van der Waals surface area contributed by atoms with E-state index in [1.54, 1.807) is 18.5 Å². The van der Waals surface area contributed by atoms with Gasteiger partial charge in [-0.15, -0.1) is 0 Å². The zero-order chi connectivity index (χ0) is 8.44. The molecule has 0 unspecified atom stereocenters. The maximum Gasteiger partial charge on any atom is 0.163 e. The van der Waals surface area contributed by atoms with Crippen molar-refractivity contribution in [2.45, 2.75) is 5.41 Å². The molecule has 1 fully saturated rings. The predicted octanol–water partition coefficient (Wildman–Crippen LogP) is 0.268. The van der Waals surface area contributed by atoms with Crippen molar-refractivity contribution in [2.75, 3.05) is 13.2 Å². The van der Waals surface area contributed by atoms with E-state index in [4.69, 9.17) is 10.00 Å². The van der Waals surface area contributed by atoms with E-state index in [2.05, 4.69) is 16.0 Å². The summed E-state index contributed by atoms with van der Waals surface area (Å²) in [6.07, 6.45) is 3.28. The second kappa shape index (κ2) is 2.54. The summed E-state index contributed by atoms with van der Waals surface area (Å²) in [5, 5.41) is 8.88. The first-order chi connectivity index (χ1) is 5.87. The normalized spacial score (nSPS) is 19.2. The number of hydrogen-bond acceptors (Lipinski definition) is 4. The van der Waals surface area contributed by atoms with E-state index in [0.717, 1.165) is 0 Å². The van der Waals surface area contributed by atoms with Gasteiger partial charge >= 0.3 is 0 Å². The average Bonchev–Trinajstić information content (AvgIpc) is 2.05. The highest BCUT2D eigenvalue weighted by Crippen LogP contribution is 2.28. The molecule has 0 aliphatic carbocycles. The molecule has 0 atom stereocenters. The minimum Gasteiger partial charge on any atom is -0.377 e. The third-order valence-electron chi connectivity index (χ3n) is 1.90. The Kier molecular flexibility index (Phi) is 1.52. The molecule has 60 valence electrons. The van der Waals surface area contributed by atoms with Gasteiger partial charge in [0.1, 0.15) is 0 Å². The van der Waals surface area contributed by atoms with Gasteiger partial charge in [-0.1, -0.05) is 0 Å². The number of ether oxygens (including phenoxy) is 1. The molecule has 4 heteroatoms. The molecule has 12 heavy (non-hydrogen) atoms. The lowest BCUT2D eigenvalue weighted by Gasteiger charge is -2.32. The van der Waals surface area contributed by atoms with Gasteiger partial charge in [0, 0.05) is 12.4 Å². The molecule has 0 aromatic carbocycles. The summed E-state index contributed by atoms with van der Waals surface area (Å²) >= 11 is 0. The van der Waals surface area contributed by atoms with E-state index in [1.165, 1.54) is 0 Å². The van der Waals surface area contributed by atoms with Crippen LogP contribution >= 0.6 is 0 Å². The zero-order valence-corrected chi connectivity index (χ0v) is 6.40. The molecule has 1 aliphatic heterocycles. The van der Waals surface area contributed by atoms with Crippen molar-refractivity contribution >= 4 is 0 Å². The van der Waals surface area contributed by atoms with Gasteiger partial charge < -0.3 is 4.74 Å². The minimum absolute atomic E-state index is 0.410. The van der Waals surface area contributed by atoms with E-state index in [0.29, 0.717) is 19.0 Å². The Bertz CT molecular complexity index is 313. The lowest BCUT2D eigenvalue weighted by Crippen LogP contribution is -2.46. The third-order valence-corrected chi connectivity index (χ3v) is 1.90. The first-order valence-corrected chi connectivity index (χ1v) is 3.64. The SMILES string of the molecule is N#CC1(c2ncccn2)COC1. The molecule has 0 radical (unpaired) electrons. The lowest BCUT2D eigenvalue weighted by molar-refractivity contribution is -0.0339. The zero-order valence-electron chi connectivity index (χ0n) is 6.40. The van der Waals surface area contributed by atoms with E-state index in [-0.39, 0.29) is 0 Å². The molecule has 2 rings (SSSR count). The minimum atomic E-state index is -0.582. The number of hydrogen-bond donors (Lipinski definition) is 0. The maximum atomic E-state index is 8.88. The summed E-state index contributed by atoms with van der Waals surface area (Å²) in [5.41, 5.74) is -0.582. The molecule has 1 saturated heterocycles. The smallest absolute Gasteiger partial charge is 0.163 e. The van der Waals surface area contributed by atoms with Crippen LogP contribution in [0.15, 0.2) is 18.5 Å². The second-order valence-corrected chi connectivity index (χ2v) is 2.76. The highest BCUT2D eigenvalue weighted by Gasteiger charge is 2.43. The summed E-state index contributed by atoms with van der Waals surface area (Å²) in [4.78, 5) is 8.06. The van der Waals surface area contributed by atoms with E-state index in [1.807, 2.05) is 0 Å². The van der Waals surface area contributed by atoms with Crippen LogP contribution < -0.4 is 0 Å². The van der Waals surface area contributed by atoms with Gasteiger partial charge in [0.05, 0.1) is 19.3 Å². The Hall–Kier alpha value is -1.47. The summed E-state index contributed by atoms with van der Waals surface area (Å²) in [6, 6.07) is 3.91. The topological polar surface area (TPSA) is 58.8 Å². The fourth-order valence-corrected chi connectivity index (χ4v) is 1.10. The summed E-state index contributed by atoms with van der Waals surface area (Å²) in [7, 11) is 0. The van der Waals surface area contributed by atoms with Crippen LogP contribution in [0.5, 0.6) is 0 Å². The first-order valence-electron chi connectivity index (χ1n) is 3.64. The highest BCUT2D eigenvalue weighted by molar-refractivity contribution is 5.23. The largest absolute Gasteiger partial charge is 0.377 e. The molecule has 1 aromatic rings. The molecule has 2 heterocycles. The Morgan fingerprint density at radius 1 is 1.42 bits per heavy atom. The number of nitrogens with zero attached hydrogens (tertiary/aromatic N) is 3. The molecule has 0 amide bonds. The van der Waals surface area contributed by atoms with E-state index in [9.17, 15) is 0 Å². The highest BCUT2D eigenvalue weighted by atomic mass is 16.5. The summed E-state index contributed by atoms with van der Waals surface area (Å²) in [5.74, 6) is 0.568. The van der Waals surface area contributed by atoms with E-state index >= 15 is 0 Å². The molecule has 0 saturated carbocycles. The van der Waals surface area contributed by atoms with Gasteiger partial charge in [0.15, 0.2) is 11.2 Å². The molecule has 1 aliphatic rings. The van der Waals surface area contributed by atoms with Crippen molar-refractivity contribution in [1.82, 2.24) is 9.97 Å². The van der Waals surface area contributed by atoms with E-state index < -0.39 is 5.41 Å². The molecule has 1 aromatic heterocycles. The molecular formula is C8H7N3O. The van der Waals surface area contributed by atoms with Crippen molar-refractivity contribution in [2.24, 2.45) is 0 Å². The van der Waals surface area contributed by atoms with Crippen LogP contribution in [0.2, 0.25) is 0 Å². The molecule has 0 bridgehead atoms. The maximum absolute atomic E-state index is 8.88. The predicted molar refractivity (Wildman–Crippen MR) is 40.1 cm³/mol. The van der Waals surface area contributed by atoms with Crippen molar-refractivity contribution < 1.29 is 4.74 Å². The van der Waals surface area contributed by atoms with Gasteiger partial charge in [-0.2, -0.15) is 5.26 Å². The molecule has 0 N–H and O–H groups in total. The molecule has 0 spiro atoms. The van der Waals surface area contributed by atoms with Gasteiger partial charge in [0.25, 0.3) is 0 Å². The first kappa shape index (κ1) is 7.19. The molecule has 4 nitrogen and oxygen atoms in total. The van der Waals surface area contributed by atoms with Crippen LogP contribution in [0, 0.1) is 11.3 Å². The third kappa shape index (κ3) is 0.874. The Labute approximate surface area is 69.8 Å². The Morgan fingerprint density at radius 3 is 2.50 bits per heavy atom. The van der Waals surface area contributed by atoms with Gasteiger partial charge in [-0.3, -0.25) is 0 Å². The van der Waals surface area contributed by atoms with Crippen LogP contribution in [0.3, 0.4) is 0 Å². The lowest BCUT2D eigenvalue weighted by atomic mass is 9.87. The summed E-state index contributed by atoms with van der Waals surface area (Å²) < 4.78 is 4.98. The fraction of sp³-hybridized carbons (Fsp3) is 0.375. The van der Waals surface area contributed by atoms with Crippen LogP contribution in [0.4, 0.5) is 0 Å². The Morgan fingerprint density at radius 2 is 2.08 bits per heavy atom. The monoisotopic (exact) mass is 161 g/mol. The van der Waals surface area contributed by atoms with Crippen molar-refractivity contribution in [3.05, 3.63) is 24.3 Å². The summed E-state index contributed by atoms with van der Waals surface area (Å²) in [6.45, 7) is 0.820. The van der Waals surface area contributed by atoms with Crippen LogP contribution in [-0.2, 0) is 10.2 Å². The van der Waals surface area contributed by atoms with Crippen molar-refractivity contribution in [1.29, 1.82) is 5.26 Å². The van der Waals surface area contributed by atoms with Gasteiger partial charge in [-0.05, 0) is 6.07 Å². The Balaban J connectivity index is 2.36. The van der Waals surface area contributed by atoms with Crippen molar-refractivity contribution in [3.8, 4) is 6.07 Å². The fourth-order valence-electron chi connectivity index (χ4n) is 1.10. The van der Waals surface area contributed by atoms with Crippen LogP contribution in [0.1, 0.15) is 5.82 Å². The number of rotatable bonds is 1. The second-order valence-electron chi connectivity index (χ2n) is 2.76. The molecular weight excluding hydrogens is 154 g/mol. The quantitative estimate of drug-likeness (QED) is 0.593. The number of aromatic nitrogens is 2. The van der Waals surface area contributed by atoms with Gasteiger partial charge in [-0.25, -0.2) is 9.97 Å². The van der Waals surface area contributed by atoms with Crippen molar-refractivity contribution in [3.63, 3.8) is 0 Å². The standard InChI is InChI=1S/C8H7N3O/c9-4-8(5-12-6-8)7-10-2-1-3-11-7/h1-3H,5-6H2. The average molecular weight is 161 g/mol.